The van der Waals surface area contributed by atoms with Crippen molar-refractivity contribution >= 4 is 0 Å². The van der Waals surface area contributed by atoms with E-state index in [1.165, 1.54) is 23.4 Å². The predicted octanol–water partition coefficient (Wildman–Crippen LogP) is 3.07. The van der Waals surface area contributed by atoms with Crippen molar-refractivity contribution in [2.45, 2.75) is 66.5 Å². The van der Waals surface area contributed by atoms with Crippen LogP contribution < -0.4 is 5.73 Å². The first kappa shape index (κ1) is 14.2. The monoisotopic (exact) mass is 237 g/mol. The van der Waals surface area contributed by atoms with Gasteiger partial charge in [-0.1, -0.05) is 27.7 Å². The number of nitrogens with two attached hydrogens (primary N) is 1. The van der Waals surface area contributed by atoms with Crippen LogP contribution in [0.1, 0.15) is 64.0 Å². The van der Waals surface area contributed by atoms with Crippen molar-refractivity contribution in [1.82, 2.24) is 9.78 Å². The predicted molar refractivity (Wildman–Crippen MR) is 73.0 cm³/mol. The van der Waals surface area contributed by atoms with Crippen molar-refractivity contribution < 1.29 is 0 Å². The molecule has 0 aliphatic rings. The SMILES string of the molecule is CCc1nn(CCC(C)C)c(CC)c1C(C)N. The van der Waals surface area contributed by atoms with Gasteiger partial charge in [-0.05, 0) is 32.1 Å². The maximum Gasteiger partial charge on any atom is 0.0672 e. The second-order valence-electron chi connectivity index (χ2n) is 5.21. The minimum Gasteiger partial charge on any atom is -0.324 e. The molecule has 0 aromatic carbocycles. The van der Waals surface area contributed by atoms with Gasteiger partial charge in [0.2, 0.25) is 0 Å². The van der Waals surface area contributed by atoms with Crippen LogP contribution in [0.5, 0.6) is 0 Å². The molecule has 3 nitrogen and oxygen atoms in total. The van der Waals surface area contributed by atoms with Gasteiger partial charge in [0.15, 0.2) is 0 Å². The van der Waals surface area contributed by atoms with Gasteiger partial charge in [0.25, 0.3) is 0 Å². The Morgan fingerprint density at radius 1 is 1.18 bits per heavy atom. The van der Waals surface area contributed by atoms with Crippen LogP contribution in [-0.2, 0) is 19.4 Å². The molecule has 1 rings (SSSR count). The molecule has 17 heavy (non-hydrogen) atoms. The summed E-state index contributed by atoms with van der Waals surface area (Å²) < 4.78 is 2.18. The molecule has 0 saturated carbocycles. The highest BCUT2D eigenvalue weighted by Crippen LogP contribution is 2.22. The summed E-state index contributed by atoms with van der Waals surface area (Å²) in [6.07, 6.45) is 3.16. The first-order chi connectivity index (χ1) is 8.01. The smallest absolute Gasteiger partial charge is 0.0672 e. The molecule has 0 aliphatic heterocycles. The Hall–Kier alpha value is -0.830. The maximum atomic E-state index is 6.08. The number of hydrogen-bond donors (Lipinski definition) is 1. The first-order valence-electron chi connectivity index (χ1n) is 6.85. The second kappa shape index (κ2) is 6.20. The van der Waals surface area contributed by atoms with Crippen molar-refractivity contribution in [3.05, 3.63) is 17.0 Å². The standard InChI is InChI=1S/C14H27N3/c1-6-12-14(11(5)15)13(7-2)17(16-12)9-8-10(3)4/h10-11H,6-9,15H2,1-5H3. The maximum absolute atomic E-state index is 6.08. The fourth-order valence-corrected chi connectivity index (χ4v) is 2.29. The third-order valence-electron chi connectivity index (χ3n) is 3.22. The van der Waals surface area contributed by atoms with E-state index in [1.54, 1.807) is 0 Å². The highest BCUT2D eigenvalue weighted by molar-refractivity contribution is 5.29. The Labute approximate surface area is 105 Å². The van der Waals surface area contributed by atoms with Gasteiger partial charge in [-0.15, -0.1) is 0 Å². The zero-order valence-electron chi connectivity index (χ0n) is 12.0. The number of hydrogen-bond acceptors (Lipinski definition) is 2. The fourth-order valence-electron chi connectivity index (χ4n) is 2.29. The van der Waals surface area contributed by atoms with Gasteiger partial charge in [0, 0.05) is 23.8 Å². The summed E-state index contributed by atoms with van der Waals surface area (Å²) in [5, 5.41) is 4.73. The molecule has 0 radical (unpaired) electrons. The quantitative estimate of drug-likeness (QED) is 0.826. The van der Waals surface area contributed by atoms with Crippen LogP contribution in [0.3, 0.4) is 0 Å². The molecule has 0 fully saturated rings. The van der Waals surface area contributed by atoms with Gasteiger partial charge in [-0.3, -0.25) is 4.68 Å². The van der Waals surface area contributed by atoms with E-state index in [-0.39, 0.29) is 6.04 Å². The molecule has 1 unspecified atom stereocenters. The van der Waals surface area contributed by atoms with Crippen molar-refractivity contribution in [1.29, 1.82) is 0 Å². The molecule has 0 aliphatic carbocycles. The van der Waals surface area contributed by atoms with Crippen molar-refractivity contribution in [2.75, 3.05) is 0 Å². The summed E-state index contributed by atoms with van der Waals surface area (Å²) >= 11 is 0. The van der Waals surface area contributed by atoms with E-state index in [2.05, 4.69) is 39.3 Å². The Morgan fingerprint density at radius 3 is 2.24 bits per heavy atom. The molecule has 0 spiro atoms. The zero-order valence-corrected chi connectivity index (χ0v) is 12.0. The summed E-state index contributed by atoms with van der Waals surface area (Å²) in [5.74, 6) is 0.715. The van der Waals surface area contributed by atoms with E-state index in [9.17, 15) is 0 Å². The van der Waals surface area contributed by atoms with Gasteiger partial charge >= 0.3 is 0 Å². The molecule has 1 atom stereocenters. The summed E-state index contributed by atoms with van der Waals surface area (Å²) in [7, 11) is 0. The van der Waals surface area contributed by atoms with Crippen LogP contribution in [0, 0.1) is 5.92 Å². The van der Waals surface area contributed by atoms with E-state index in [1.807, 2.05) is 0 Å². The summed E-state index contributed by atoms with van der Waals surface area (Å²) in [5.41, 5.74) is 9.87. The van der Waals surface area contributed by atoms with Crippen LogP contribution in [0.4, 0.5) is 0 Å². The Kier molecular flexibility index (Phi) is 5.19. The van der Waals surface area contributed by atoms with Gasteiger partial charge in [-0.2, -0.15) is 5.10 Å². The largest absolute Gasteiger partial charge is 0.324 e. The summed E-state index contributed by atoms with van der Waals surface area (Å²) in [6.45, 7) is 11.9. The lowest BCUT2D eigenvalue weighted by atomic mass is 10.0. The normalized spacial score (nSPS) is 13.4. The summed E-state index contributed by atoms with van der Waals surface area (Å²) in [6, 6.07) is 0.0905. The van der Waals surface area contributed by atoms with Gasteiger partial charge in [-0.25, -0.2) is 0 Å². The van der Waals surface area contributed by atoms with Crippen molar-refractivity contribution in [3.63, 3.8) is 0 Å². The van der Waals surface area contributed by atoms with Crippen molar-refractivity contribution in [3.8, 4) is 0 Å². The Morgan fingerprint density at radius 2 is 1.82 bits per heavy atom. The van der Waals surface area contributed by atoms with Gasteiger partial charge in [0.05, 0.1) is 5.69 Å². The number of aryl methyl sites for hydroxylation is 2. The minimum atomic E-state index is 0.0905. The molecule has 1 aromatic rings. The first-order valence-corrected chi connectivity index (χ1v) is 6.85. The molecule has 3 heteroatoms. The molecule has 2 N–H and O–H groups in total. The van der Waals surface area contributed by atoms with Crippen LogP contribution in [-0.4, -0.2) is 9.78 Å². The lowest BCUT2D eigenvalue weighted by molar-refractivity contribution is 0.474. The minimum absolute atomic E-state index is 0.0905. The third kappa shape index (κ3) is 3.32. The molecule has 1 heterocycles. The average Bonchev–Trinajstić information content (AvgIpc) is 2.63. The van der Waals surface area contributed by atoms with E-state index in [0.29, 0.717) is 5.92 Å². The second-order valence-corrected chi connectivity index (χ2v) is 5.21. The molecule has 1 aromatic heterocycles. The zero-order chi connectivity index (χ0) is 13.0. The highest BCUT2D eigenvalue weighted by atomic mass is 15.3. The molecular formula is C14H27N3. The summed E-state index contributed by atoms with van der Waals surface area (Å²) in [4.78, 5) is 0. The van der Waals surface area contributed by atoms with E-state index in [4.69, 9.17) is 10.8 Å². The number of rotatable bonds is 6. The molecule has 0 saturated heterocycles. The topological polar surface area (TPSA) is 43.8 Å². The Bertz CT molecular complexity index is 351. The number of nitrogens with zero attached hydrogens (tertiary/aromatic N) is 2. The van der Waals surface area contributed by atoms with E-state index >= 15 is 0 Å². The molecule has 0 amide bonds. The van der Waals surface area contributed by atoms with Crippen molar-refractivity contribution in [2.24, 2.45) is 11.7 Å². The van der Waals surface area contributed by atoms with Crippen LogP contribution in [0.15, 0.2) is 0 Å². The lowest BCUT2D eigenvalue weighted by Crippen LogP contribution is -2.11. The number of aromatic nitrogens is 2. The lowest BCUT2D eigenvalue weighted by Gasteiger charge is -2.11. The molecule has 0 bridgehead atoms. The van der Waals surface area contributed by atoms with Crippen LogP contribution in [0.2, 0.25) is 0 Å². The Balaban J connectivity index is 3.04. The molecular weight excluding hydrogens is 210 g/mol. The van der Waals surface area contributed by atoms with Gasteiger partial charge in [0.1, 0.15) is 0 Å². The van der Waals surface area contributed by atoms with Crippen LogP contribution in [0.25, 0.3) is 0 Å². The average molecular weight is 237 g/mol. The van der Waals surface area contributed by atoms with Crippen LogP contribution >= 0.6 is 0 Å². The van der Waals surface area contributed by atoms with Gasteiger partial charge < -0.3 is 5.73 Å². The highest BCUT2D eigenvalue weighted by Gasteiger charge is 2.18. The van der Waals surface area contributed by atoms with E-state index < -0.39 is 0 Å². The van der Waals surface area contributed by atoms with E-state index in [0.717, 1.165) is 19.4 Å². The molecule has 98 valence electrons. The fraction of sp³-hybridized carbons (Fsp3) is 0.786. The third-order valence-corrected chi connectivity index (χ3v) is 3.22.